The molecule has 0 spiro atoms. The molecule has 20 heavy (non-hydrogen) atoms. The van der Waals surface area contributed by atoms with Gasteiger partial charge in [-0.05, 0) is 37.5 Å². The highest BCUT2D eigenvalue weighted by molar-refractivity contribution is 7.96. The Morgan fingerprint density at radius 2 is 1.60 bits per heavy atom. The molecular formula is C15H20O4S. The predicted molar refractivity (Wildman–Crippen MR) is 77.9 cm³/mol. The lowest BCUT2D eigenvalue weighted by molar-refractivity contribution is -0.137. The van der Waals surface area contributed by atoms with Crippen molar-refractivity contribution in [3.05, 3.63) is 40.8 Å². The molecule has 1 aromatic rings. The molecule has 0 atom stereocenters. The first-order valence-electron chi connectivity index (χ1n) is 6.68. The van der Waals surface area contributed by atoms with E-state index in [4.69, 9.17) is 4.74 Å². The molecular weight excluding hydrogens is 276 g/mol. The van der Waals surface area contributed by atoms with Crippen LogP contribution in [0.5, 0.6) is 0 Å². The van der Waals surface area contributed by atoms with Crippen molar-refractivity contribution in [2.75, 3.05) is 6.61 Å². The lowest BCUT2D eigenvalue weighted by atomic mass is 10.1. The molecule has 0 bridgehead atoms. The molecule has 0 aromatic heterocycles. The van der Waals surface area contributed by atoms with Crippen LogP contribution in [0.2, 0.25) is 0 Å². The second kappa shape index (κ2) is 7.24. The van der Waals surface area contributed by atoms with Gasteiger partial charge in [-0.25, -0.2) is 13.2 Å². The molecule has 0 radical (unpaired) electrons. The summed E-state index contributed by atoms with van der Waals surface area (Å²) in [5.74, 6) is -0.768. The van der Waals surface area contributed by atoms with Gasteiger partial charge >= 0.3 is 5.97 Å². The molecule has 1 aromatic carbocycles. The smallest absolute Gasteiger partial charge is 0.350 e. The van der Waals surface area contributed by atoms with Crippen LogP contribution in [-0.4, -0.2) is 21.0 Å². The summed E-state index contributed by atoms with van der Waals surface area (Å²) < 4.78 is 30.2. The fourth-order valence-corrected chi connectivity index (χ4v) is 3.63. The van der Waals surface area contributed by atoms with Crippen LogP contribution in [0.3, 0.4) is 0 Å². The minimum atomic E-state index is -3.84. The van der Waals surface area contributed by atoms with E-state index in [1.165, 1.54) is 12.1 Å². The summed E-state index contributed by atoms with van der Waals surface area (Å²) in [6, 6.07) is 7.96. The average molecular weight is 296 g/mol. The Labute approximate surface area is 120 Å². The predicted octanol–water partition coefficient (Wildman–Crippen LogP) is 3.10. The number of benzene rings is 1. The first-order valence-corrected chi connectivity index (χ1v) is 8.16. The third kappa shape index (κ3) is 3.48. The third-order valence-electron chi connectivity index (χ3n) is 2.96. The highest BCUT2D eigenvalue weighted by atomic mass is 32.2. The van der Waals surface area contributed by atoms with Crippen LogP contribution < -0.4 is 0 Å². The van der Waals surface area contributed by atoms with Gasteiger partial charge in [0.05, 0.1) is 11.5 Å². The van der Waals surface area contributed by atoms with Crippen molar-refractivity contribution in [2.24, 2.45) is 0 Å². The number of hydrogen-bond acceptors (Lipinski definition) is 4. The molecule has 4 nitrogen and oxygen atoms in total. The van der Waals surface area contributed by atoms with Crippen LogP contribution in [0.15, 0.2) is 45.7 Å². The number of ether oxygens (including phenoxy) is 1. The van der Waals surface area contributed by atoms with Crippen molar-refractivity contribution < 1.29 is 17.9 Å². The van der Waals surface area contributed by atoms with Crippen molar-refractivity contribution in [1.29, 1.82) is 0 Å². The highest BCUT2D eigenvalue weighted by Crippen LogP contribution is 2.26. The Kier molecular flexibility index (Phi) is 5.95. The van der Waals surface area contributed by atoms with Gasteiger partial charge in [-0.3, -0.25) is 0 Å². The Bertz CT molecular complexity index is 580. The SMILES string of the molecule is CCOC(=O)C(=C(CC)CC)S(=O)(=O)c1ccccc1. The Hall–Kier alpha value is -1.62. The van der Waals surface area contributed by atoms with Crippen molar-refractivity contribution in [3.8, 4) is 0 Å². The summed E-state index contributed by atoms with van der Waals surface area (Å²) >= 11 is 0. The fraction of sp³-hybridized carbons (Fsp3) is 0.400. The van der Waals surface area contributed by atoms with E-state index in [0.717, 1.165) is 0 Å². The zero-order valence-corrected chi connectivity index (χ0v) is 12.9. The molecule has 110 valence electrons. The zero-order chi connectivity index (χ0) is 15.2. The van der Waals surface area contributed by atoms with Crippen LogP contribution in [0.1, 0.15) is 33.6 Å². The summed E-state index contributed by atoms with van der Waals surface area (Å²) in [4.78, 5) is 12.0. The normalized spacial score (nSPS) is 10.9. The Balaban J connectivity index is 3.46. The number of carbonyl (C=O) groups is 1. The number of sulfone groups is 1. The summed E-state index contributed by atoms with van der Waals surface area (Å²) in [7, 11) is -3.84. The van der Waals surface area contributed by atoms with E-state index in [-0.39, 0.29) is 16.4 Å². The van der Waals surface area contributed by atoms with E-state index in [2.05, 4.69) is 0 Å². The van der Waals surface area contributed by atoms with E-state index < -0.39 is 15.8 Å². The standard InChI is InChI=1S/C15H20O4S/c1-4-12(5-2)14(15(16)19-6-3)20(17,18)13-10-8-7-9-11-13/h7-11H,4-6H2,1-3H3. The maximum absolute atomic E-state index is 12.6. The van der Waals surface area contributed by atoms with Crippen LogP contribution in [0, 0.1) is 0 Å². The molecule has 5 heteroatoms. The Morgan fingerprint density at radius 3 is 2.05 bits per heavy atom. The molecule has 0 saturated heterocycles. The van der Waals surface area contributed by atoms with Crippen LogP contribution in [0.4, 0.5) is 0 Å². The molecule has 0 N–H and O–H groups in total. The molecule has 0 saturated carbocycles. The summed E-state index contributed by atoms with van der Waals surface area (Å²) in [6.45, 7) is 5.46. The van der Waals surface area contributed by atoms with Crippen LogP contribution in [0.25, 0.3) is 0 Å². The van der Waals surface area contributed by atoms with Gasteiger partial charge in [0.15, 0.2) is 4.91 Å². The van der Waals surface area contributed by atoms with Crippen molar-refractivity contribution in [3.63, 3.8) is 0 Å². The lowest BCUT2D eigenvalue weighted by Gasteiger charge is -2.13. The molecule has 0 fully saturated rings. The monoisotopic (exact) mass is 296 g/mol. The highest BCUT2D eigenvalue weighted by Gasteiger charge is 2.30. The minimum absolute atomic E-state index is 0.113. The molecule has 1 rings (SSSR count). The molecule has 0 aliphatic rings. The summed E-state index contributed by atoms with van der Waals surface area (Å²) in [5, 5.41) is 0. The van der Waals surface area contributed by atoms with E-state index in [1.54, 1.807) is 25.1 Å². The fourth-order valence-electron chi connectivity index (χ4n) is 1.93. The molecule has 0 aliphatic carbocycles. The van der Waals surface area contributed by atoms with E-state index in [1.807, 2.05) is 13.8 Å². The quantitative estimate of drug-likeness (QED) is 0.598. The van der Waals surface area contributed by atoms with Gasteiger partial charge in [0.2, 0.25) is 9.84 Å². The molecule has 0 amide bonds. The van der Waals surface area contributed by atoms with Crippen molar-refractivity contribution >= 4 is 15.8 Å². The van der Waals surface area contributed by atoms with Gasteiger partial charge in [-0.1, -0.05) is 32.0 Å². The molecule has 0 aliphatic heterocycles. The van der Waals surface area contributed by atoms with Gasteiger partial charge in [0.1, 0.15) is 0 Å². The van der Waals surface area contributed by atoms with Gasteiger partial charge in [-0.2, -0.15) is 0 Å². The van der Waals surface area contributed by atoms with Gasteiger partial charge in [0.25, 0.3) is 0 Å². The van der Waals surface area contributed by atoms with Gasteiger partial charge < -0.3 is 4.74 Å². The first kappa shape index (κ1) is 16.4. The topological polar surface area (TPSA) is 60.4 Å². The number of allylic oxidation sites excluding steroid dienone is 1. The second-order valence-electron chi connectivity index (χ2n) is 4.18. The maximum atomic E-state index is 12.6. The lowest BCUT2D eigenvalue weighted by Crippen LogP contribution is -2.19. The molecule has 0 unspecified atom stereocenters. The first-order chi connectivity index (χ1) is 9.48. The molecule has 0 heterocycles. The minimum Gasteiger partial charge on any atom is -0.462 e. The largest absolute Gasteiger partial charge is 0.462 e. The summed E-state index contributed by atoms with van der Waals surface area (Å²) in [5.41, 5.74) is 0.590. The van der Waals surface area contributed by atoms with Gasteiger partial charge in [-0.15, -0.1) is 0 Å². The number of esters is 1. The number of rotatable bonds is 6. The van der Waals surface area contributed by atoms with Gasteiger partial charge in [0, 0.05) is 0 Å². The zero-order valence-electron chi connectivity index (χ0n) is 12.0. The number of hydrogen-bond donors (Lipinski definition) is 0. The number of carbonyl (C=O) groups excluding carboxylic acids is 1. The average Bonchev–Trinajstić information content (AvgIpc) is 2.45. The third-order valence-corrected chi connectivity index (χ3v) is 4.84. The van der Waals surface area contributed by atoms with Crippen molar-refractivity contribution in [1.82, 2.24) is 0 Å². The second-order valence-corrected chi connectivity index (χ2v) is 6.06. The van der Waals surface area contributed by atoms with E-state index in [9.17, 15) is 13.2 Å². The van der Waals surface area contributed by atoms with Crippen molar-refractivity contribution in [2.45, 2.75) is 38.5 Å². The Morgan fingerprint density at radius 1 is 1.05 bits per heavy atom. The summed E-state index contributed by atoms with van der Waals surface area (Å²) in [6.07, 6.45) is 0.993. The maximum Gasteiger partial charge on any atom is 0.350 e. The van der Waals surface area contributed by atoms with E-state index >= 15 is 0 Å². The van der Waals surface area contributed by atoms with Crippen LogP contribution in [-0.2, 0) is 19.4 Å². The van der Waals surface area contributed by atoms with Crippen LogP contribution >= 0.6 is 0 Å². The van der Waals surface area contributed by atoms with E-state index in [0.29, 0.717) is 18.4 Å².